The smallest absolute Gasteiger partial charge is 0.262 e. The van der Waals surface area contributed by atoms with E-state index >= 15 is 0 Å². The molecule has 4 heteroatoms. The Kier molecular flexibility index (Phi) is 5.14. The van der Waals surface area contributed by atoms with Crippen LogP contribution in [-0.2, 0) is 4.79 Å². The van der Waals surface area contributed by atoms with Gasteiger partial charge in [0.1, 0.15) is 5.75 Å². The summed E-state index contributed by atoms with van der Waals surface area (Å²) < 4.78 is 5.71. The van der Waals surface area contributed by atoms with Gasteiger partial charge in [0.05, 0.1) is 0 Å². The molecular weight excluding hydrogens is 322 g/mol. The summed E-state index contributed by atoms with van der Waals surface area (Å²) >= 11 is 5.91. The predicted octanol–water partition coefficient (Wildman–Crippen LogP) is 5.02. The summed E-state index contributed by atoms with van der Waals surface area (Å²) in [6.45, 7) is -0.0731. The number of amides is 1. The number of halogens is 1. The Balaban J connectivity index is 1.68. The van der Waals surface area contributed by atoms with Crippen LogP contribution in [0.2, 0.25) is 5.02 Å². The monoisotopic (exact) mass is 337 g/mol. The molecule has 1 N–H and O–H groups in total. The number of hydrogen-bond donors (Lipinski definition) is 1. The molecule has 3 rings (SSSR count). The summed E-state index contributed by atoms with van der Waals surface area (Å²) in [7, 11) is 0. The molecule has 0 aromatic heterocycles. The molecule has 0 radical (unpaired) electrons. The molecule has 0 atom stereocenters. The first-order chi connectivity index (χ1) is 11.7. The van der Waals surface area contributed by atoms with Gasteiger partial charge in [0.15, 0.2) is 6.61 Å². The Bertz CT molecular complexity index is 834. The van der Waals surface area contributed by atoms with Crippen molar-refractivity contribution >= 4 is 23.2 Å². The summed E-state index contributed by atoms with van der Waals surface area (Å²) in [6, 6.07) is 24.6. The molecule has 120 valence electrons. The van der Waals surface area contributed by atoms with E-state index in [0.29, 0.717) is 16.5 Å². The number of ether oxygens (including phenoxy) is 1. The zero-order valence-electron chi connectivity index (χ0n) is 12.9. The number of carbonyl (C=O) groups is 1. The third-order valence-electron chi connectivity index (χ3n) is 3.44. The Morgan fingerprint density at radius 1 is 0.917 bits per heavy atom. The molecule has 0 aliphatic carbocycles. The maximum atomic E-state index is 12.1. The van der Waals surface area contributed by atoms with Crippen molar-refractivity contribution in [3.8, 4) is 16.9 Å². The largest absolute Gasteiger partial charge is 0.483 e. The first-order valence-electron chi connectivity index (χ1n) is 7.55. The van der Waals surface area contributed by atoms with E-state index in [-0.39, 0.29) is 12.5 Å². The van der Waals surface area contributed by atoms with E-state index < -0.39 is 0 Å². The van der Waals surface area contributed by atoms with Gasteiger partial charge in [-0.1, -0.05) is 66.2 Å². The van der Waals surface area contributed by atoms with Gasteiger partial charge >= 0.3 is 0 Å². The van der Waals surface area contributed by atoms with Crippen LogP contribution >= 0.6 is 11.6 Å². The van der Waals surface area contributed by atoms with Gasteiger partial charge in [-0.25, -0.2) is 0 Å². The molecular formula is C20H16ClNO2. The van der Waals surface area contributed by atoms with Crippen molar-refractivity contribution in [2.75, 3.05) is 11.9 Å². The number of para-hydroxylation sites is 1. The molecule has 0 aliphatic rings. The lowest BCUT2D eigenvalue weighted by Crippen LogP contribution is -2.20. The van der Waals surface area contributed by atoms with Gasteiger partial charge in [-0.05, 0) is 29.8 Å². The molecule has 0 heterocycles. The Labute approximate surface area is 145 Å². The van der Waals surface area contributed by atoms with Gasteiger partial charge in [0.2, 0.25) is 0 Å². The van der Waals surface area contributed by atoms with Crippen LogP contribution in [0, 0.1) is 0 Å². The van der Waals surface area contributed by atoms with E-state index in [0.717, 1.165) is 11.1 Å². The topological polar surface area (TPSA) is 38.3 Å². The molecule has 3 nitrogen and oxygen atoms in total. The lowest BCUT2D eigenvalue weighted by atomic mass is 10.1. The molecule has 1 amide bonds. The van der Waals surface area contributed by atoms with Crippen LogP contribution in [0.25, 0.3) is 11.1 Å². The minimum Gasteiger partial charge on any atom is -0.483 e. The molecule has 0 saturated carbocycles. The first kappa shape index (κ1) is 16.1. The third-order valence-corrected chi connectivity index (χ3v) is 3.67. The highest BCUT2D eigenvalue weighted by molar-refractivity contribution is 6.30. The SMILES string of the molecule is O=C(COc1ccccc1-c1ccccc1)Nc1cccc(Cl)c1. The van der Waals surface area contributed by atoms with Crippen molar-refractivity contribution in [2.24, 2.45) is 0 Å². The second-order valence-electron chi connectivity index (χ2n) is 5.21. The molecule has 3 aromatic carbocycles. The number of nitrogens with one attached hydrogen (secondary N) is 1. The fraction of sp³-hybridized carbons (Fsp3) is 0.0500. The van der Waals surface area contributed by atoms with Crippen LogP contribution < -0.4 is 10.1 Å². The molecule has 0 unspecified atom stereocenters. The number of hydrogen-bond acceptors (Lipinski definition) is 2. The average molecular weight is 338 g/mol. The number of carbonyl (C=O) groups excluding carboxylic acids is 1. The minimum absolute atomic E-state index is 0.0731. The number of benzene rings is 3. The molecule has 0 spiro atoms. The second kappa shape index (κ2) is 7.66. The summed E-state index contributed by atoms with van der Waals surface area (Å²) in [5.41, 5.74) is 2.64. The Morgan fingerprint density at radius 2 is 1.67 bits per heavy atom. The van der Waals surface area contributed by atoms with Gasteiger partial charge in [0.25, 0.3) is 5.91 Å². The summed E-state index contributed by atoms with van der Waals surface area (Å²) in [6.07, 6.45) is 0. The van der Waals surface area contributed by atoms with Crippen LogP contribution in [0.1, 0.15) is 0 Å². The molecule has 0 aliphatic heterocycles. The zero-order valence-corrected chi connectivity index (χ0v) is 13.7. The fourth-order valence-electron chi connectivity index (χ4n) is 2.36. The van der Waals surface area contributed by atoms with Gasteiger partial charge in [0, 0.05) is 16.3 Å². The van der Waals surface area contributed by atoms with Crippen molar-refractivity contribution in [1.29, 1.82) is 0 Å². The molecule has 0 saturated heterocycles. The van der Waals surface area contributed by atoms with Crippen molar-refractivity contribution in [3.63, 3.8) is 0 Å². The maximum absolute atomic E-state index is 12.1. The van der Waals surface area contributed by atoms with Gasteiger partial charge < -0.3 is 10.1 Å². The minimum atomic E-state index is -0.236. The van der Waals surface area contributed by atoms with Crippen LogP contribution in [-0.4, -0.2) is 12.5 Å². The van der Waals surface area contributed by atoms with E-state index in [1.165, 1.54) is 0 Å². The van der Waals surface area contributed by atoms with Crippen molar-refractivity contribution < 1.29 is 9.53 Å². The third kappa shape index (κ3) is 4.15. The highest BCUT2D eigenvalue weighted by Crippen LogP contribution is 2.29. The number of anilines is 1. The summed E-state index contributed by atoms with van der Waals surface area (Å²) in [5, 5.41) is 3.34. The quantitative estimate of drug-likeness (QED) is 0.709. The number of rotatable bonds is 5. The Hall–Kier alpha value is -2.78. The van der Waals surface area contributed by atoms with Gasteiger partial charge in [-0.3, -0.25) is 4.79 Å². The van der Waals surface area contributed by atoms with E-state index in [9.17, 15) is 4.79 Å². The Morgan fingerprint density at radius 3 is 2.46 bits per heavy atom. The highest BCUT2D eigenvalue weighted by Gasteiger charge is 2.08. The van der Waals surface area contributed by atoms with E-state index in [1.807, 2.05) is 54.6 Å². The maximum Gasteiger partial charge on any atom is 0.262 e. The average Bonchev–Trinajstić information content (AvgIpc) is 2.61. The van der Waals surface area contributed by atoms with E-state index in [2.05, 4.69) is 5.32 Å². The van der Waals surface area contributed by atoms with Crippen molar-refractivity contribution in [1.82, 2.24) is 0 Å². The fourth-order valence-corrected chi connectivity index (χ4v) is 2.55. The van der Waals surface area contributed by atoms with Crippen LogP contribution in [0.5, 0.6) is 5.75 Å². The van der Waals surface area contributed by atoms with Crippen LogP contribution in [0.3, 0.4) is 0 Å². The zero-order chi connectivity index (χ0) is 16.8. The van der Waals surface area contributed by atoms with Gasteiger partial charge in [-0.15, -0.1) is 0 Å². The van der Waals surface area contributed by atoms with Gasteiger partial charge in [-0.2, -0.15) is 0 Å². The lowest BCUT2D eigenvalue weighted by molar-refractivity contribution is -0.118. The molecule has 0 fully saturated rings. The second-order valence-corrected chi connectivity index (χ2v) is 5.65. The summed E-state index contributed by atoms with van der Waals surface area (Å²) in [4.78, 5) is 12.1. The van der Waals surface area contributed by atoms with Crippen LogP contribution in [0.15, 0.2) is 78.9 Å². The van der Waals surface area contributed by atoms with Crippen LogP contribution in [0.4, 0.5) is 5.69 Å². The van der Waals surface area contributed by atoms with E-state index in [1.54, 1.807) is 24.3 Å². The molecule has 24 heavy (non-hydrogen) atoms. The molecule has 3 aromatic rings. The lowest BCUT2D eigenvalue weighted by Gasteiger charge is -2.12. The van der Waals surface area contributed by atoms with Crippen molar-refractivity contribution in [2.45, 2.75) is 0 Å². The standard InChI is InChI=1S/C20H16ClNO2/c21-16-9-6-10-17(13-16)22-20(23)14-24-19-12-5-4-11-18(19)15-7-2-1-3-8-15/h1-13H,14H2,(H,22,23). The summed E-state index contributed by atoms with van der Waals surface area (Å²) in [5.74, 6) is 0.435. The van der Waals surface area contributed by atoms with E-state index in [4.69, 9.17) is 16.3 Å². The predicted molar refractivity (Wildman–Crippen MR) is 97.5 cm³/mol. The first-order valence-corrected chi connectivity index (χ1v) is 7.93. The van der Waals surface area contributed by atoms with Crippen molar-refractivity contribution in [3.05, 3.63) is 83.9 Å². The normalized spacial score (nSPS) is 10.2. The highest BCUT2D eigenvalue weighted by atomic mass is 35.5. The molecule has 0 bridgehead atoms.